The van der Waals surface area contributed by atoms with Gasteiger partial charge in [-0.25, -0.2) is 4.98 Å². The topological polar surface area (TPSA) is 88.6 Å². The number of nitrogens with zero attached hydrogens (tertiary/aromatic N) is 1. The van der Waals surface area contributed by atoms with E-state index in [1.165, 1.54) is 0 Å². The Morgan fingerprint density at radius 2 is 2.00 bits per heavy atom. The molecule has 6 heteroatoms. The second-order valence-electron chi connectivity index (χ2n) is 3.01. The molecule has 1 aromatic heterocycles. The monoisotopic (exact) mass is 204 g/mol. The summed E-state index contributed by atoms with van der Waals surface area (Å²) in [6.07, 6.45) is 0. The Hall–Kier alpha value is -1.79. The van der Waals surface area contributed by atoms with Gasteiger partial charge in [-0.15, -0.1) is 0 Å². The van der Waals surface area contributed by atoms with E-state index >= 15 is 0 Å². The number of para-hydroxylation sites is 1. The first kappa shape index (κ1) is 9.76. The van der Waals surface area contributed by atoms with E-state index in [4.69, 9.17) is 20.4 Å². The van der Waals surface area contributed by atoms with Crippen molar-refractivity contribution in [1.29, 1.82) is 0 Å². The maximum atomic E-state index is 8.71. The second-order valence-corrected chi connectivity index (χ2v) is 3.01. The first-order valence-corrected chi connectivity index (χ1v) is 4.35. The summed E-state index contributed by atoms with van der Waals surface area (Å²) >= 11 is 0. The molecule has 0 saturated carbocycles. The van der Waals surface area contributed by atoms with E-state index in [-0.39, 0.29) is 5.75 Å². The van der Waals surface area contributed by atoms with Gasteiger partial charge in [-0.1, -0.05) is 12.1 Å². The van der Waals surface area contributed by atoms with Crippen LogP contribution in [0.4, 0.5) is 5.82 Å². The zero-order valence-electron chi connectivity index (χ0n) is 7.79. The number of aromatic nitrogens is 1. The minimum Gasteiger partial charge on any atom is -0.510 e. The first-order valence-electron chi connectivity index (χ1n) is 4.35. The Kier molecular flexibility index (Phi) is 2.45. The lowest BCUT2D eigenvalue weighted by atomic mass is 10.2. The van der Waals surface area contributed by atoms with Crippen LogP contribution in [0.3, 0.4) is 0 Å². The van der Waals surface area contributed by atoms with Crippen molar-refractivity contribution in [2.24, 2.45) is 0 Å². The minimum absolute atomic E-state index is 0.287. The van der Waals surface area contributed by atoms with Gasteiger partial charge in [0.05, 0.1) is 0 Å². The van der Waals surface area contributed by atoms with Crippen LogP contribution in [0, 0.1) is 0 Å². The van der Waals surface area contributed by atoms with Gasteiger partial charge in [0.15, 0.2) is 0 Å². The summed E-state index contributed by atoms with van der Waals surface area (Å²) < 4.78 is 4.78. The van der Waals surface area contributed by atoms with Gasteiger partial charge in [-0.2, -0.15) is 0 Å². The van der Waals surface area contributed by atoms with Crippen LogP contribution >= 0.6 is 0 Å². The zero-order chi connectivity index (χ0) is 10.8. The molecule has 1 aromatic carbocycles. The van der Waals surface area contributed by atoms with E-state index in [0.717, 1.165) is 5.39 Å². The lowest BCUT2D eigenvalue weighted by molar-refractivity contribution is 0.289. The molecule has 0 spiro atoms. The van der Waals surface area contributed by atoms with Crippen molar-refractivity contribution < 1.29 is 14.7 Å². The Balaban J connectivity index is 2.58. The molecule has 1 heterocycles. The summed E-state index contributed by atoms with van der Waals surface area (Å²) in [5.74, 6) is 0.640. The van der Waals surface area contributed by atoms with Crippen molar-refractivity contribution in [3.05, 3.63) is 30.3 Å². The van der Waals surface area contributed by atoms with Crippen LogP contribution < -0.4 is 10.4 Å². The highest BCUT2D eigenvalue weighted by atomic mass is 16.6. The number of nitrogen functional groups attached to an aromatic ring is 1. The predicted molar refractivity (Wildman–Crippen MR) is 57.0 cm³/mol. The fourth-order valence-electron chi connectivity index (χ4n) is 1.34. The maximum absolute atomic E-state index is 8.71. The fourth-order valence-corrected chi connectivity index (χ4v) is 1.34. The van der Waals surface area contributed by atoms with E-state index in [1.54, 1.807) is 24.3 Å². The normalized spacial score (nSPS) is 10.3. The third-order valence-electron chi connectivity index (χ3n) is 1.94. The zero-order valence-corrected chi connectivity index (χ0v) is 7.79. The molecule has 2 rings (SSSR count). The molecule has 0 saturated heterocycles. The van der Waals surface area contributed by atoms with E-state index in [2.05, 4.69) is 4.98 Å². The van der Waals surface area contributed by atoms with Gasteiger partial charge in [0.2, 0.25) is 0 Å². The smallest absolute Gasteiger partial charge is 0.510 e. The van der Waals surface area contributed by atoms with Gasteiger partial charge in [0.25, 0.3) is 0 Å². The van der Waals surface area contributed by atoms with Crippen molar-refractivity contribution in [1.82, 2.24) is 4.98 Å². The SMILES string of the molecule is Nc1ccc2cccc(OB(O)O)c2n1. The molecule has 0 radical (unpaired) electrons. The van der Waals surface area contributed by atoms with Crippen LogP contribution in [-0.4, -0.2) is 22.4 Å². The fraction of sp³-hybridized carbons (Fsp3) is 0. The molecule has 0 fully saturated rings. The highest BCUT2D eigenvalue weighted by Gasteiger charge is 2.13. The highest BCUT2D eigenvalue weighted by molar-refractivity contribution is 6.34. The lowest BCUT2D eigenvalue weighted by Gasteiger charge is -2.07. The largest absolute Gasteiger partial charge is 0.707 e. The highest BCUT2D eigenvalue weighted by Crippen LogP contribution is 2.24. The Labute approximate surface area is 86.3 Å². The lowest BCUT2D eigenvalue weighted by Crippen LogP contribution is -2.20. The standard InChI is InChI=1S/C9H9BN2O3/c11-8-5-4-6-2-1-3-7(9(6)12-8)15-10(13)14/h1-5,13-14H,(H2,11,12). The molecule has 5 nitrogen and oxygen atoms in total. The van der Waals surface area contributed by atoms with Gasteiger partial charge in [0.1, 0.15) is 17.1 Å². The number of fused-ring (bicyclic) bond motifs is 1. The van der Waals surface area contributed by atoms with Crippen molar-refractivity contribution in [3.63, 3.8) is 0 Å². The van der Waals surface area contributed by atoms with Crippen LogP contribution in [0.1, 0.15) is 0 Å². The number of nitrogens with two attached hydrogens (primary N) is 1. The van der Waals surface area contributed by atoms with E-state index < -0.39 is 7.32 Å². The molecule has 76 valence electrons. The molecule has 0 aliphatic heterocycles. The molecular weight excluding hydrogens is 195 g/mol. The molecule has 0 bridgehead atoms. The third kappa shape index (κ3) is 2.00. The number of hydrogen-bond donors (Lipinski definition) is 3. The van der Waals surface area contributed by atoms with Crippen molar-refractivity contribution in [2.75, 3.05) is 5.73 Å². The predicted octanol–water partition coefficient (Wildman–Crippen LogP) is 0.165. The van der Waals surface area contributed by atoms with Gasteiger partial charge < -0.3 is 20.4 Å². The summed E-state index contributed by atoms with van der Waals surface area (Å²) in [7, 11) is -1.86. The van der Waals surface area contributed by atoms with Gasteiger partial charge in [-0.3, -0.25) is 0 Å². The van der Waals surface area contributed by atoms with Crippen LogP contribution in [0.15, 0.2) is 30.3 Å². The average molecular weight is 204 g/mol. The number of rotatable bonds is 2. The summed E-state index contributed by atoms with van der Waals surface area (Å²) in [4.78, 5) is 4.06. The maximum Gasteiger partial charge on any atom is 0.707 e. The summed E-state index contributed by atoms with van der Waals surface area (Å²) in [6, 6.07) is 8.61. The summed E-state index contributed by atoms with van der Waals surface area (Å²) in [5, 5.41) is 18.2. The molecule has 0 aliphatic carbocycles. The molecule has 0 amide bonds. The number of hydrogen-bond acceptors (Lipinski definition) is 5. The molecule has 4 N–H and O–H groups in total. The average Bonchev–Trinajstić information content (AvgIpc) is 2.18. The van der Waals surface area contributed by atoms with Crippen molar-refractivity contribution in [3.8, 4) is 5.75 Å². The minimum atomic E-state index is -1.86. The Morgan fingerprint density at radius 3 is 2.73 bits per heavy atom. The third-order valence-corrected chi connectivity index (χ3v) is 1.94. The van der Waals surface area contributed by atoms with Crippen molar-refractivity contribution >= 4 is 24.0 Å². The summed E-state index contributed by atoms with van der Waals surface area (Å²) in [6.45, 7) is 0. The van der Waals surface area contributed by atoms with Crippen molar-refractivity contribution in [2.45, 2.75) is 0 Å². The number of benzene rings is 1. The first-order chi connectivity index (χ1) is 7.16. The van der Waals surface area contributed by atoms with Crippen LogP contribution in [0.25, 0.3) is 10.9 Å². The summed E-state index contributed by atoms with van der Waals surface area (Å²) in [5.41, 5.74) is 6.04. The van der Waals surface area contributed by atoms with E-state index in [1.807, 2.05) is 6.07 Å². The van der Waals surface area contributed by atoms with E-state index in [0.29, 0.717) is 11.3 Å². The molecule has 0 atom stereocenters. The molecule has 0 unspecified atom stereocenters. The molecule has 15 heavy (non-hydrogen) atoms. The van der Waals surface area contributed by atoms with Crippen LogP contribution in [-0.2, 0) is 0 Å². The Morgan fingerprint density at radius 1 is 1.20 bits per heavy atom. The van der Waals surface area contributed by atoms with Gasteiger partial charge in [-0.05, 0) is 18.2 Å². The van der Waals surface area contributed by atoms with Crippen LogP contribution in [0.5, 0.6) is 5.75 Å². The quantitative estimate of drug-likeness (QED) is 0.606. The molecule has 2 aromatic rings. The van der Waals surface area contributed by atoms with E-state index in [9.17, 15) is 0 Å². The van der Waals surface area contributed by atoms with Gasteiger partial charge >= 0.3 is 7.32 Å². The molecule has 0 aliphatic rings. The second kappa shape index (κ2) is 3.76. The number of anilines is 1. The Bertz CT molecular complexity index is 490. The van der Waals surface area contributed by atoms with Gasteiger partial charge in [0, 0.05) is 5.39 Å². The molecular formula is C9H9BN2O3. The van der Waals surface area contributed by atoms with Crippen LogP contribution in [0.2, 0.25) is 0 Å². The number of pyridine rings is 1.